The first-order chi connectivity index (χ1) is 8.11. The largest absolute Gasteiger partial charge is 0.491 e. The van der Waals surface area contributed by atoms with Gasteiger partial charge in [0.15, 0.2) is 0 Å². The number of rotatable bonds is 6. The molecule has 0 spiro atoms. The van der Waals surface area contributed by atoms with E-state index < -0.39 is 0 Å². The SMILES string of the molecule is CC(C)Oc1ccc(CNC(=O)CCN)cc1.Cl. The van der Waals surface area contributed by atoms with E-state index in [0.717, 1.165) is 11.3 Å². The summed E-state index contributed by atoms with van der Waals surface area (Å²) in [4.78, 5) is 11.2. The topological polar surface area (TPSA) is 64.3 Å². The summed E-state index contributed by atoms with van der Waals surface area (Å²) in [5, 5.41) is 2.80. The number of benzene rings is 1. The lowest BCUT2D eigenvalue weighted by molar-refractivity contribution is -0.121. The van der Waals surface area contributed by atoms with Crippen molar-refractivity contribution in [3.63, 3.8) is 0 Å². The van der Waals surface area contributed by atoms with Crippen molar-refractivity contribution in [1.29, 1.82) is 0 Å². The van der Waals surface area contributed by atoms with Crippen LogP contribution >= 0.6 is 12.4 Å². The quantitative estimate of drug-likeness (QED) is 0.831. The third kappa shape index (κ3) is 6.47. The standard InChI is InChI=1S/C13H20N2O2.ClH/c1-10(2)17-12-5-3-11(4-6-12)9-15-13(16)7-8-14;/h3-6,10H,7-9,14H2,1-2H3,(H,15,16);1H. The van der Waals surface area contributed by atoms with E-state index in [1.807, 2.05) is 38.1 Å². The first-order valence-corrected chi connectivity index (χ1v) is 5.84. The Hall–Kier alpha value is -1.26. The molecule has 0 unspecified atom stereocenters. The van der Waals surface area contributed by atoms with Gasteiger partial charge in [-0.2, -0.15) is 0 Å². The molecular formula is C13H21ClN2O2. The Kier molecular flexibility index (Phi) is 8.16. The van der Waals surface area contributed by atoms with Gasteiger partial charge in [0.05, 0.1) is 6.10 Å². The van der Waals surface area contributed by atoms with E-state index in [0.29, 0.717) is 19.5 Å². The fourth-order valence-electron chi connectivity index (χ4n) is 1.38. The molecule has 0 aliphatic heterocycles. The van der Waals surface area contributed by atoms with Crippen LogP contribution in [0.5, 0.6) is 5.75 Å². The minimum absolute atomic E-state index is 0. The molecule has 0 aliphatic carbocycles. The van der Waals surface area contributed by atoms with E-state index >= 15 is 0 Å². The molecule has 1 rings (SSSR count). The molecule has 0 atom stereocenters. The van der Waals surface area contributed by atoms with E-state index in [9.17, 15) is 4.79 Å². The number of hydrogen-bond acceptors (Lipinski definition) is 3. The minimum atomic E-state index is -0.0185. The number of carbonyl (C=O) groups excluding carboxylic acids is 1. The van der Waals surface area contributed by atoms with Crippen LogP contribution < -0.4 is 15.8 Å². The summed E-state index contributed by atoms with van der Waals surface area (Å²) in [6, 6.07) is 7.70. The van der Waals surface area contributed by atoms with Crippen LogP contribution in [0.2, 0.25) is 0 Å². The van der Waals surface area contributed by atoms with Gasteiger partial charge in [-0.05, 0) is 31.5 Å². The summed E-state index contributed by atoms with van der Waals surface area (Å²) in [7, 11) is 0. The van der Waals surface area contributed by atoms with Crippen molar-refractivity contribution in [2.24, 2.45) is 5.73 Å². The molecule has 0 radical (unpaired) electrons. The Balaban J connectivity index is 0.00000289. The highest BCUT2D eigenvalue weighted by Crippen LogP contribution is 2.13. The maximum atomic E-state index is 11.2. The fourth-order valence-corrected chi connectivity index (χ4v) is 1.38. The normalized spacial score (nSPS) is 9.78. The van der Waals surface area contributed by atoms with Crippen LogP contribution in [0.25, 0.3) is 0 Å². The third-order valence-electron chi connectivity index (χ3n) is 2.16. The lowest BCUT2D eigenvalue weighted by Crippen LogP contribution is -2.24. The summed E-state index contributed by atoms with van der Waals surface area (Å²) >= 11 is 0. The molecule has 0 saturated heterocycles. The second-order valence-corrected chi connectivity index (χ2v) is 4.13. The highest BCUT2D eigenvalue weighted by molar-refractivity contribution is 5.85. The fraction of sp³-hybridized carbons (Fsp3) is 0.462. The predicted molar refractivity (Wildman–Crippen MR) is 75.0 cm³/mol. The average molecular weight is 273 g/mol. The van der Waals surface area contributed by atoms with Gasteiger partial charge < -0.3 is 15.8 Å². The van der Waals surface area contributed by atoms with Crippen molar-refractivity contribution >= 4 is 18.3 Å². The Labute approximate surface area is 114 Å². The van der Waals surface area contributed by atoms with E-state index in [2.05, 4.69) is 5.32 Å². The van der Waals surface area contributed by atoms with Gasteiger partial charge in [-0.3, -0.25) is 4.79 Å². The molecule has 4 nitrogen and oxygen atoms in total. The highest BCUT2D eigenvalue weighted by atomic mass is 35.5. The molecule has 0 aliphatic rings. The lowest BCUT2D eigenvalue weighted by atomic mass is 10.2. The van der Waals surface area contributed by atoms with Crippen molar-refractivity contribution in [3.8, 4) is 5.75 Å². The van der Waals surface area contributed by atoms with Crippen molar-refractivity contribution in [1.82, 2.24) is 5.32 Å². The summed E-state index contributed by atoms with van der Waals surface area (Å²) < 4.78 is 5.53. The van der Waals surface area contributed by atoms with Crippen LogP contribution in [0.1, 0.15) is 25.8 Å². The van der Waals surface area contributed by atoms with Crippen molar-refractivity contribution in [2.45, 2.75) is 32.9 Å². The monoisotopic (exact) mass is 272 g/mol. The van der Waals surface area contributed by atoms with Crippen LogP contribution in [0.3, 0.4) is 0 Å². The molecule has 0 saturated carbocycles. The van der Waals surface area contributed by atoms with E-state index in [4.69, 9.17) is 10.5 Å². The maximum Gasteiger partial charge on any atom is 0.221 e. The zero-order valence-electron chi connectivity index (χ0n) is 10.8. The predicted octanol–water partition coefficient (Wildman–Crippen LogP) is 1.86. The third-order valence-corrected chi connectivity index (χ3v) is 2.16. The average Bonchev–Trinajstić information content (AvgIpc) is 2.28. The molecule has 1 amide bonds. The summed E-state index contributed by atoms with van der Waals surface area (Å²) in [6.07, 6.45) is 0.541. The Bertz CT molecular complexity index is 353. The van der Waals surface area contributed by atoms with Crippen molar-refractivity contribution < 1.29 is 9.53 Å². The number of nitrogens with two attached hydrogens (primary N) is 1. The molecule has 18 heavy (non-hydrogen) atoms. The summed E-state index contributed by atoms with van der Waals surface area (Å²) in [6.45, 7) is 4.88. The zero-order valence-corrected chi connectivity index (χ0v) is 11.6. The Morgan fingerprint density at radius 2 is 1.94 bits per heavy atom. The molecule has 3 N–H and O–H groups in total. The van der Waals surface area contributed by atoms with E-state index in [-0.39, 0.29) is 24.4 Å². The van der Waals surface area contributed by atoms with Gasteiger partial charge in [-0.1, -0.05) is 12.1 Å². The van der Waals surface area contributed by atoms with Crippen molar-refractivity contribution in [3.05, 3.63) is 29.8 Å². The first-order valence-electron chi connectivity index (χ1n) is 5.84. The van der Waals surface area contributed by atoms with Gasteiger partial charge in [-0.15, -0.1) is 12.4 Å². The van der Waals surface area contributed by atoms with Crippen LogP contribution in [-0.2, 0) is 11.3 Å². The Morgan fingerprint density at radius 3 is 2.44 bits per heavy atom. The van der Waals surface area contributed by atoms with Crippen molar-refractivity contribution in [2.75, 3.05) is 6.54 Å². The lowest BCUT2D eigenvalue weighted by Gasteiger charge is -2.10. The molecular weight excluding hydrogens is 252 g/mol. The van der Waals surface area contributed by atoms with Gasteiger partial charge >= 0.3 is 0 Å². The van der Waals surface area contributed by atoms with Crippen LogP contribution in [-0.4, -0.2) is 18.6 Å². The molecule has 1 aromatic carbocycles. The zero-order chi connectivity index (χ0) is 12.7. The number of hydrogen-bond donors (Lipinski definition) is 2. The summed E-state index contributed by atoms with van der Waals surface area (Å²) in [5.74, 6) is 0.826. The molecule has 0 fully saturated rings. The Morgan fingerprint density at radius 1 is 1.33 bits per heavy atom. The number of ether oxygens (including phenoxy) is 1. The number of carbonyl (C=O) groups is 1. The molecule has 5 heteroatoms. The van der Waals surface area contributed by atoms with Gasteiger partial charge in [0.25, 0.3) is 0 Å². The van der Waals surface area contributed by atoms with Crippen LogP contribution in [0.4, 0.5) is 0 Å². The smallest absolute Gasteiger partial charge is 0.221 e. The molecule has 102 valence electrons. The minimum Gasteiger partial charge on any atom is -0.491 e. The molecule has 1 aromatic rings. The van der Waals surface area contributed by atoms with Gasteiger partial charge in [-0.25, -0.2) is 0 Å². The van der Waals surface area contributed by atoms with Crippen LogP contribution in [0.15, 0.2) is 24.3 Å². The highest BCUT2D eigenvalue weighted by Gasteiger charge is 2.01. The molecule has 0 heterocycles. The molecule has 0 bridgehead atoms. The summed E-state index contributed by atoms with van der Waals surface area (Å²) in [5.41, 5.74) is 6.33. The van der Waals surface area contributed by atoms with Gasteiger partial charge in [0.1, 0.15) is 5.75 Å². The first kappa shape index (κ1) is 16.7. The second-order valence-electron chi connectivity index (χ2n) is 4.13. The number of nitrogens with one attached hydrogen (secondary N) is 1. The van der Waals surface area contributed by atoms with Gasteiger partial charge in [0, 0.05) is 19.5 Å². The van der Waals surface area contributed by atoms with E-state index in [1.54, 1.807) is 0 Å². The van der Waals surface area contributed by atoms with Gasteiger partial charge in [0.2, 0.25) is 5.91 Å². The number of halogens is 1. The maximum absolute atomic E-state index is 11.2. The van der Waals surface area contributed by atoms with E-state index in [1.165, 1.54) is 0 Å². The number of amides is 1. The second kappa shape index (κ2) is 8.78. The molecule has 0 aromatic heterocycles. The van der Waals surface area contributed by atoms with Crippen LogP contribution in [0, 0.1) is 0 Å².